The van der Waals surface area contributed by atoms with Gasteiger partial charge in [-0.2, -0.15) is 0 Å². The van der Waals surface area contributed by atoms with Crippen LogP contribution in [0.5, 0.6) is 0 Å². The maximum Gasteiger partial charge on any atom is 0.0466 e. The van der Waals surface area contributed by atoms with Crippen LogP contribution in [0.25, 0.3) is 0 Å². The van der Waals surface area contributed by atoms with E-state index in [1.165, 1.54) is 19.3 Å². The van der Waals surface area contributed by atoms with Crippen LogP contribution in [0.2, 0.25) is 0 Å². The summed E-state index contributed by atoms with van der Waals surface area (Å²) in [6, 6.07) is 0.681. The Labute approximate surface area is 95.8 Å². The van der Waals surface area contributed by atoms with Crippen LogP contribution >= 0.6 is 0 Å². The molecule has 0 aliphatic rings. The Morgan fingerprint density at radius 1 is 1.13 bits per heavy atom. The van der Waals surface area contributed by atoms with Gasteiger partial charge in [0.15, 0.2) is 0 Å². The first kappa shape index (κ1) is 14.9. The maximum atomic E-state index is 5.49. The fourth-order valence-electron chi connectivity index (χ4n) is 1.84. The lowest BCUT2D eigenvalue weighted by molar-refractivity contribution is 0.128. The highest BCUT2D eigenvalue weighted by molar-refractivity contribution is 4.67. The summed E-state index contributed by atoms with van der Waals surface area (Å²) in [6.07, 6.45) is 4.84. The first-order chi connectivity index (χ1) is 7.20. The molecule has 0 saturated heterocycles. The molecule has 0 aromatic rings. The fraction of sp³-hybridized carbons (Fsp3) is 1.00. The van der Waals surface area contributed by atoms with Crippen LogP contribution in [0.4, 0.5) is 0 Å². The van der Waals surface area contributed by atoms with E-state index >= 15 is 0 Å². The number of hydrogen-bond acceptors (Lipinski definition) is 2. The van der Waals surface area contributed by atoms with Crippen LogP contribution < -0.4 is 5.32 Å². The average Bonchev–Trinajstić information content (AvgIpc) is 2.17. The number of rotatable bonds is 10. The zero-order valence-electron chi connectivity index (χ0n) is 11.0. The second-order valence-corrected chi connectivity index (χ2v) is 4.64. The average molecular weight is 215 g/mol. The summed E-state index contributed by atoms with van der Waals surface area (Å²) in [5.74, 6) is 0.783. The number of nitrogens with one attached hydrogen (secondary N) is 1. The monoisotopic (exact) mass is 215 g/mol. The Hall–Kier alpha value is -0.0800. The van der Waals surface area contributed by atoms with E-state index in [0.29, 0.717) is 6.04 Å². The molecule has 0 rings (SSSR count). The first-order valence-corrected chi connectivity index (χ1v) is 6.51. The zero-order chi connectivity index (χ0) is 11.5. The Bertz CT molecular complexity index is 126. The van der Waals surface area contributed by atoms with Gasteiger partial charge in [0, 0.05) is 19.3 Å². The third kappa shape index (κ3) is 10.2. The lowest BCUT2D eigenvalue weighted by Gasteiger charge is -2.19. The minimum Gasteiger partial charge on any atom is -0.381 e. The van der Waals surface area contributed by atoms with Crippen LogP contribution in [0.3, 0.4) is 0 Å². The van der Waals surface area contributed by atoms with Gasteiger partial charge in [0.25, 0.3) is 0 Å². The maximum absolute atomic E-state index is 5.49. The van der Waals surface area contributed by atoms with Crippen molar-refractivity contribution in [1.82, 2.24) is 5.32 Å². The Kier molecular flexibility index (Phi) is 10.4. The Balaban J connectivity index is 3.47. The second-order valence-electron chi connectivity index (χ2n) is 4.64. The molecule has 0 saturated carbocycles. The first-order valence-electron chi connectivity index (χ1n) is 6.51. The molecule has 0 bridgehead atoms. The molecule has 1 atom stereocenters. The van der Waals surface area contributed by atoms with Crippen molar-refractivity contribution in [3.8, 4) is 0 Å². The van der Waals surface area contributed by atoms with E-state index in [4.69, 9.17) is 4.74 Å². The van der Waals surface area contributed by atoms with Crippen molar-refractivity contribution in [2.24, 2.45) is 5.92 Å². The van der Waals surface area contributed by atoms with Crippen molar-refractivity contribution < 1.29 is 4.74 Å². The van der Waals surface area contributed by atoms with Gasteiger partial charge in [0.2, 0.25) is 0 Å². The highest BCUT2D eigenvalue weighted by Gasteiger charge is 2.08. The predicted octanol–water partition coefficient (Wildman–Crippen LogP) is 3.22. The second kappa shape index (κ2) is 10.4. The third-order valence-electron chi connectivity index (χ3n) is 2.44. The van der Waals surface area contributed by atoms with E-state index < -0.39 is 0 Å². The fourth-order valence-corrected chi connectivity index (χ4v) is 1.84. The van der Waals surface area contributed by atoms with Gasteiger partial charge < -0.3 is 10.1 Å². The molecular formula is C13H29NO. The van der Waals surface area contributed by atoms with Crippen LogP contribution in [0.15, 0.2) is 0 Å². The summed E-state index contributed by atoms with van der Waals surface area (Å²) in [6.45, 7) is 11.8. The molecule has 0 aromatic carbocycles. The van der Waals surface area contributed by atoms with Crippen LogP contribution in [-0.2, 0) is 4.74 Å². The largest absolute Gasteiger partial charge is 0.381 e. The molecule has 2 heteroatoms. The van der Waals surface area contributed by atoms with Gasteiger partial charge in [0.05, 0.1) is 0 Å². The summed E-state index contributed by atoms with van der Waals surface area (Å²) in [4.78, 5) is 0. The van der Waals surface area contributed by atoms with Gasteiger partial charge in [-0.1, -0.05) is 27.7 Å². The molecule has 15 heavy (non-hydrogen) atoms. The van der Waals surface area contributed by atoms with E-state index in [2.05, 4.69) is 33.0 Å². The van der Waals surface area contributed by atoms with E-state index in [-0.39, 0.29) is 0 Å². The number of ether oxygens (including phenoxy) is 1. The summed E-state index contributed by atoms with van der Waals surface area (Å²) in [7, 11) is 0. The van der Waals surface area contributed by atoms with E-state index in [1.807, 2.05) is 0 Å². The third-order valence-corrected chi connectivity index (χ3v) is 2.44. The van der Waals surface area contributed by atoms with Crippen LogP contribution in [0, 0.1) is 5.92 Å². The molecule has 1 N–H and O–H groups in total. The van der Waals surface area contributed by atoms with E-state index in [1.54, 1.807) is 0 Å². The number of hydrogen-bond donors (Lipinski definition) is 1. The van der Waals surface area contributed by atoms with Crippen molar-refractivity contribution in [3.05, 3.63) is 0 Å². The summed E-state index contributed by atoms with van der Waals surface area (Å²) in [5.41, 5.74) is 0. The van der Waals surface area contributed by atoms with E-state index in [9.17, 15) is 0 Å². The molecule has 0 fully saturated rings. The van der Waals surface area contributed by atoms with Gasteiger partial charge in [0.1, 0.15) is 0 Å². The molecule has 0 spiro atoms. The van der Waals surface area contributed by atoms with Gasteiger partial charge in [-0.05, 0) is 38.1 Å². The molecule has 1 unspecified atom stereocenters. The molecule has 0 aliphatic heterocycles. The predicted molar refractivity (Wildman–Crippen MR) is 67.3 cm³/mol. The SMILES string of the molecule is CCCOCCCC(CC(C)C)NCC. The van der Waals surface area contributed by atoms with Gasteiger partial charge in [-0.15, -0.1) is 0 Å². The standard InChI is InChI=1S/C13H29NO/c1-5-9-15-10-7-8-13(14-6-2)11-12(3)4/h12-14H,5-11H2,1-4H3. The Morgan fingerprint density at radius 3 is 2.40 bits per heavy atom. The topological polar surface area (TPSA) is 21.3 Å². The van der Waals surface area contributed by atoms with Crippen molar-refractivity contribution in [2.75, 3.05) is 19.8 Å². The van der Waals surface area contributed by atoms with Crippen LogP contribution in [-0.4, -0.2) is 25.8 Å². The van der Waals surface area contributed by atoms with E-state index in [0.717, 1.165) is 32.1 Å². The lowest BCUT2D eigenvalue weighted by Crippen LogP contribution is -2.30. The Morgan fingerprint density at radius 2 is 1.87 bits per heavy atom. The highest BCUT2D eigenvalue weighted by atomic mass is 16.5. The molecule has 0 aliphatic carbocycles. The quantitative estimate of drug-likeness (QED) is 0.565. The summed E-state index contributed by atoms with van der Waals surface area (Å²) < 4.78 is 5.49. The molecular weight excluding hydrogens is 186 g/mol. The van der Waals surface area contributed by atoms with Crippen molar-refractivity contribution in [3.63, 3.8) is 0 Å². The summed E-state index contributed by atoms with van der Waals surface area (Å²) in [5, 5.41) is 3.55. The molecule has 0 heterocycles. The minimum absolute atomic E-state index is 0.681. The highest BCUT2D eigenvalue weighted by Crippen LogP contribution is 2.09. The van der Waals surface area contributed by atoms with Gasteiger partial charge in [-0.25, -0.2) is 0 Å². The molecule has 0 radical (unpaired) electrons. The molecule has 2 nitrogen and oxygen atoms in total. The smallest absolute Gasteiger partial charge is 0.0466 e. The lowest BCUT2D eigenvalue weighted by atomic mass is 10.00. The van der Waals surface area contributed by atoms with Crippen molar-refractivity contribution in [1.29, 1.82) is 0 Å². The van der Waals surface area contributed by atoms with Gasteiger partial charge >= 0.3 is 0 Å². The van der Waals surface area contributed by atoms with Crippen LogP contribution in [0.1, 0.15) is 53.4 Å². The molecule has 0 amide bonds. The summed E-state index contributed by atoms with van der Waals surface area (Å²) >= 11 is 0. The van der Waals surface area contributed by atoms with Gasteiger partial charge in [-0.3, -0.25) is 0 Å². The zero-order valence-corrected chi connectivity index (χ0v) is 11.0. The van der Waals surface area contributed by atoms with Crippen molar-refractivity contribution in [2.45, 2.75) is 59.4 Å². The molecule has 0 aromatic heterocycles. The minimum atomic E-state index is 0.681. The van der Waals surface area contributed by atoms with Crippen molar-refractivity contribution >= 4 is 0 Å². The normalized spacial score (nSPS) is 13.4. The molecule has 92 valence electrons.